The molecule has 0 aromatic heterocycles. The number of hydrogen-bond donors (Lipinski definition) is 1. The zero-order valence-corrected chi connectivity index (χ0v) is 19.2. The van der Waals surface area contributed by atoms with Crippen LogP contribution >= 0.6 is 24.0 Å². The molecule has 3 aliphatic rings. The minimum atomic E-state index is -0.274. The summed E-state index contributed by atoms with van der Waals surface area (Å²) < 4.78 is 30.3. The quantitative estimate of drug-likeness (QED) is 0.373. The molecule has 1 N–H and O–H groups in total. The van der Waals surface area contributed by atoms with Crippen molar-refractivity contribution in [1.29, 1.82) is 0 Å². The Morgan fingerprint density at radius 1 is 1.24 bits per heavy atom. The first-order valence-corrected chi connectivity index (χ1v) is 10.0. The third kappa shape index (κ3) is 5.71. The summed E-state index contributed by atoms with van der Waals surface area (Å²) >= 11 is 0. The van der Waals surface area contributed by atoms with Crippen LogP contribution in [-0.2, 0) is 22.6 Å². The third-order valence-corrected chi connectivity index (χ3v) is 5.61. The van der Waals surface area contributed by atoms with E-state index in [2.05, 4.69) is 20.1 Å². The summed E-state index contributed by atoms with van der Waals surface area (Å²) in [6.45, 7) is 7.87. The van der Waals surface area contributed by atoms with Gasteiger partial charge in [0.05, 0.1) is 13.2 Å². The zero-order chi connectivity index (χ0) is 19.3. The molecule has 3 heterocycles. The number of nitrogens with one attached hydrogen (secondary N) is 1. The van der Waals surface area contributed by atoms with Gasteiger partial charge in [-0.15, -0.1) is 24.0 Å². The zero-order valence-electron chi connectivity index (χ0n) is 16.9. The molecule has 4 rings (SSSR count). The van der Waals surface area contributed by atoms with Crippen LogP contribution in [-0.4, -0.2) is 75.5 Å². The first-order valence-electron chi connectivity index (χ1n) is 10.0. The van der Waals surface area contributed by atoms with Crippen molar-refractivity contribution in [3.8, 4) is 5.75 Å². The fraction of sp³-hybridized carbons (Fsp3) is 0.650. The van der Waals surface area contributed by atoms with Crippen molar-refractivity contribution >= 4 is 29.9 Å². The van der Waals surface area contributed by atoms with Gasteiger partial charge in [0.1, 0.15) is 11.6 Å². The number of fused-ring (bicyclic) bond motifs is 1. The number of guanidine groups is 1. The number of piperazine rings is 1. The molecule has 0 bridgehead atoms. The van der Waals surface area contributed by atoms with E-state index in [9.17, 15) is 4.39 Å². The van der Waals surface area contributed by atoms with Crippen LogP contribution in [0, 0.1) is 11.7 Å². The minimum absolute atomic E-state index is 0. The average molecular weight is 520 g/mol. The van der Waals surface area contributed by atoms with Crippen molar-refractivity contribution < 1.29 is 18.6 Å². The van der Waals surface area contributed by atoms with Crippen LogP contribution in [0.15, 0.2) is 17.1 Å². The molecule has 9 heteroatoms. The predicted molar refractivity (Wildman–Crippen MR) is 119 cm³/mol. The molecule has 1 aromatic rings. The highest BCUT2D eigenvalue weighted by Crippen LogP contribution is 2.29. The van der Waals surface area contributed by atoms with Crippen molar-refractivity contribution in [3.63, 3.8) is 0 Å². The van der Waals surface area contributed by atoms with Gasteiger partial charge in [-0.1, -0.05) is 0 Å². The van der Waals surface area contributed by atoms with Gasteiger partial charge in [0.25, 0.3) is 0 Å². The van der Waals surface area contributed by atoms with Crippen LogP contribution in [0.4, 0.5) is 4.39 Å². The lowest BCUT2D eigenvalue weighted by atomic mass is 10.1. The Kier molecular flexibility index (Phi) is 8.34. The van der Waals surface area contributed by atoms with E-state index in [4.69, 9.17) is 14.2 Å². The van der Waals surface area contributed by atoms with E-state index in [1.165, 1.54) is 18.6 Å². The average Bonchev–Trinajstić information content (AvgIpc) is 3.22. The van der Waals surface area contributed by atoms with Crippen molar-refractivity contribution in [2.75, 3.05) is 59.8 Å². The Morgan fingerprint density at radius 3 is 2.79 bits per heavy atom. The van der Waals surface area contributed by atoms with Gasteiger partial charge >= 0.3 is 0 Å². The second kappa shape index (κ2) is 10.7. The van der Waals surface area contributed by atoms with Gasteiger partial charge in [0.15, 0.2) is 12.8 Å². The summed E-state index contributed by atoms with van der Waals surface area (Å²) in [6, 6.07) is 2.99. The lowest BCUT2D eigenvalue weighted by Gasteiger charge is -2.37. The standard InChI is InChI=1S/C20H29FN4O3.HI/c1-22-20(25-5-3-24(4-6-25)11-15-2-7-26-12-15)23-10-16-8-18(21)9-17-13-27-14-28-19(16)17;/h8-9,15H,2-7,10-14H2,1H3,(H,22,23);1H. The maximum absolute atomic E-state index is 13.9. The van der Waals surface area contributed by atoms with Crippen molar-refractivity contribution in [3.05, 3.63) is 29.1 Å². The summed E-state index contributed by atoms with van der Waals surface area (Å²) in [7, 11) is 1.79. The van der Waals surface area contributed by atoms with Gasteiger partial charge in [0.2, 0.25) is 0 Å². The summed E-state index contributed by atoms with van der Waals surface area (Å²) in [6.07, 6.45) is 1.18. The highest BCUT2D eigenvalue weighted by atomic mass is 127. The number of ether oxygens (including phenoxy) is 3. The summed E-state index contributed by atoms with van der Waals surface area (Å²) in [4.78, 5) is 9.20. The molecule has 1 atom stereocenters. The molecule has 7 nitrogen and oxygen atoms in total. The molecule has 3 aliphatic heterocycles. The maximum Gasteiger partial charge on any atom is 0.194 e. The Hall–Kier alpha value is -1.17. The van der Waals surface area contributed by atoms with Crippen LogP contribution in [0.5, 0.6) is 5.75 Å². The summed E-state index contributed by atoms with van der Waals surface area (Å²) in [5.41, 5.74) is 1.54. The van der Waals surface area contributed by atoms with Gasteiger partial charge in [0, 0.05) is 64.0 Å². The van der Waals surface area contributed by atoms with Crippen molar-refractivity contribution in [1.82, 2.24) is 15.1 Å². The normalized spacial score (nSPS) is 22.6. The first-order chi connectivity index (χ1) is 13.7. The van der Waals surface area contributed by atoms with Crippen LogP contribution < -0.4 is 10.1 Å². The molecule has 0 radical (unpaired) electrons. The molecule has 0 saturated carbocycles. The number of hydrogen-bond acceptors (Lipinski definition) is 5. The largest absolute Gasteiger partial charge is 0.467 e. The molecule has 0 aliphatic carbocycles. The smallest absolute Gasteiger partial charge is 0.194 e. The minimum Gasteiger partial charge on any atom is -0.467 e. The lowest BCUT2D eigenvalue weighted by molar-refractivity contribution is -0.0173. The second-order valence-electron chi connectivity index (χ2n) is 7.58. The predicted octanol–water partition coefficient (Wildman–Crippen LogP) is 2.04. The van der Waals surface area contributed by atoms with Gasteiger partial charge in [-0.3, -0.25) is 9.89 Å². The van der Waals surface area contributed by atoms with Crippen LogP contribution in [0.3, 0.4) is 0 Å². The van der Waals surface area contributed by atoms with Gasteiger partial charge in [-0.25, -0.2) is 4.39 Å². The van der Waals surface area contributed by atoms with E-state index < -0.39 is 0 Å². The van der Waals surface area contributed by atoms with Gasteiger partial charge in [-0.05, 0) is 24.5 Å². The lowest BCUT2D eigenvalue weighted by Crippen LogP contribution is -2.53. The second-order valence-corrected chi connectivity index (χ2v) is 7.58. The van der Waals surface area contributed by atoms with E-state index in [0.29, 0.717) is 19.1 Å². The molecule has 1 unspecified atom stereocenters. The fourth-order valence-electron chi connectivity index (χ4n) is 4.13. The number of benzene rings is 1. The molecule has 162 valence electrons. The molecule has 2 saturated heterocycles. The fourth-order valence-corrected chi connectivity index (χ4v) is 4.13. The molecular weight excluding hydrogens is 490 g/mol. The Morgan fingerprint density at radius 2 is 2.07 bits per heavy atom. The molecule has 2 fully saturated rings. The van der Waals surface area contributed by atoms with Crippen LogP contribution in [0.2, 0.25) is 0 Å². The van der Waals surface area contributed by atoms with Crippen LogP contribution in [0.25, 0.3) is 0 Å². The molecular formula is C20H30FIN4O3. The molecule has 0 amide bonds. The Bertz CT molecular complexity index is 707. The van der Waals surface area contributed by atoms with E-state index in [1.54, 1.807) is 7.05 Å². The summed E-state index contributed by atoms with van der Waals surface area (Å²) in [5, 5.41) is 3.37. The number of rotatable bonds is 4. The van der Waals surface area contributed by atoms with Crippen LogP contribution in [0.1, 0.15) is 17.5 Å². The SMILES string of the molecule is CN=C(NCc1cc(F)cc2c1OCOC2)N1CCN(CC2CCOC2)CC1.I. The highest BCUT2D eigenvalue weighted by molar-refractivity contribution is 14.0. The molecule has 29 heavy (non-hydrogen) atoms. The number of nitrogens with zero attached hydrogens (tertiary/aromatic N) is 3. The number of aliphatic imine (C=N–C) groups is 1. The molecule has 0 spiro atoms. The van der Waals surface area contributed by atoms with Gasteiger partial charge < -0.3 is 24.4 Å². The van der Waals surface area contributed by atoms with E-state index in [-0.39, 0.29) is 36.6 Å². The molecule has 1 aromatic carbocycles. The highest BCUT2D eigenvalue weighted by Gasteiger charge is 2.24. The van der Waals surface area contributed by atoms with Crippen molar-refractivity contribution in [2.45, 2.75) is 19.6 Å². The first kappa shape index (κ1) is 22.5. The topological polar surface area (TPSA) is 58.6 Å². The Balaban J connectivity index is 0.00000240. The monoisotopic (exact) mass is 520 g/mol. The Labute approximate surface area is 188 Å². The maximum atomic E-state index is 13.9. The van der Waals surface area contributed by atoms with Gasteiger partial charge in [-0.2, -0.15) is 0 Å². The van der Waals surface area contributed by atoms with Crippen molar-refractivity contribution in [2.24, 2.45) is 10.9 Å². The van der Waals surface area contributed by atoms with E-state index in [1.807, 2.05) is 0 Å². The van der Waals surface area contributed by atoms with E-state index in [0.717, 1.165) is 68.8 Å². The summed E-state index contributed by atoms with van der Waals surface area (Å²) in [5.74, 6) is 1.96. The third-order valence-electron chi connectivity index (χ3n) is 5.61. The van der Waals surface area contributed by atoms with E-state index >= 15 is 0 Å². The number of halogens is 2.